The lowest BCUT2D eigenvalue weighted by Gasteiger charge is -2.26. The zero-order valence-electron chi connectivity index (χ0n) is 22.1. The molecule has 38 heavy (non-hydrogen) atoms. The topological polar surface area (TPSA) is 98.2 Å². The van der Waals surface area contributed by atoms with E-state index in [1.807, 2.05) is 13.0 Å². The molecule has 0 saturated carbocycles. The van der Waals surface area contributed by atoms with Crippen LogP contribution >= 0.6 is 0 Å². The van der Waals surface area contributed by atoms with Crippen molar-refractivity contribution < 1.29 is 28.9 Å². The van der Waals surface area contributed by atoms with Crippen LogP contribution < -0.4 is 14.2 Å². The molecule has 2 aromatic carbocycles. The number of aromatic nitrogens is 1. The summed E-state index contributed by atoms with van der Waals surface area (Å²) in [6.45, 7) is 4.71. The smallest absolute Gasteiger partial charge is 0.295 e. The first-order chi connectivity index (χ1) is 18.4. The fraction of sp³-hybridized carbons (Fsp3) is 0.300. The number of aliphatic hydroxyl groups excluding tert-OH is 1. The maximum atomic E-state index is 13.4. The molecule has 0 aliphatic carbocycles. The van der Waals surface area contributed by atoms with Crippen LogP contribution in [0.25, 0.3) is 5.76 Å². The lowest BCUT2D eigenvalue weighted by atomic mass is 9.94. The number of ketones is 1. The number of amides is 1. The number of Topliss-reactive ketones (excluding diaryl/α,β-unsaturated/α-hetero) is 1. The highest BCUT2D eigenvalue weighted by atomic mass is 16.5. The Morgan fingerprint density at radius 3 is 2.45 bits per heavy atom. The van der Waals surface area contributed by atoms with E-state index in [-0.39, 0.29) is 17.9 Å². The van der Waals surface area contributed by atoms with Gasteiger partial charge in [0.2, 0.25) is 0 Å². The van der Waals surface area contributed by atoms with E-state index >= 15 is 0 Å². The molecule has 1 aliphatic rings. The molecule has 0 bridgehead atoms. The molecular weight excluding hydrogens is 484 g/mol. The number of nitrogens with zero attached hydrogens (tertiary/aromatic N) is 2. The molecule has 1 N–H and O–H groups in total. The number of pyridine rings is 1. The molecule has 1 fully saturated rings. The number of hydrogen-bond acceptors (Lipinski definition) is 7. The van der Waals surface area contributed by atoms with Crippen LogP contribution in [0.3, 0.4) is 0 Å². The maximum absolute atomic E-state index is 13.4. The largest absolute Gasteiger partial charge is 0.507 e. The molecule has 0 spiro atoms. The summed E-state index contributed by atoms with van der Waals surface area (Å²) in [5, 5.41) is 11.5. The van der Waals surface area contributed by atoms with E-state index in [2.05, 4.69) is 11.9 Å². The standard InChI is InChI=1S/C30H32N2O6/c1-5-6-14-38-23-11-10-22(15-19(23)2)28(33)26-27(21-9-12-24(36-3)25(16-21)37-4)32(30(35)29(26)34)18-20-8-7-13-31-17-20/h7-13,15-17,27,33H,5-6,14,18H2,1-4H3. The van der Waals surface area contributed by atoms with Gasteiger partial charge in [-0.05, 0) is 66.4 Å². The first-order valence-corrected chi connectivity index (χ1v) is 12.5. The second-order valence-electron chi connectivity index (χ2n) is 9.08. The van der Waals surface area contributed by atoms with Crippen LogP contribution in [0.5, 0.6) is 17.2 Å². The molecule has 4 rings (SSSR count). The number of aryl methyl sites for hydroxylation is 1. The lowest BCUT2D eigenvalue weighted by Crippen LogP contribution is -2.29. The minimum atomic E-state index is -0.851. The number of carbonyl (C=O) groups excluding carboxylic acids is 2. The molecule has 1 atom stereocenters. The van der Waals surface area contributed by atoms with Crippen LogP contribution in [0.4, 0.5) is 0 Å². The normalized spacial score (nSPS) is 16.5. The quantitative estimate of drug-likeness (QED) is 0.171. The van der Waals surface area contributed by atoms with Gasteiger partial charge in [0.25, 0.3) is 11.7 Å². The molecule has 1 saturated heterocycles. The van der Waals surface area contributed by atoms with Crippen LogP contribution in [-0.2, 0) is 16.1 Å². The Hall–Kier alpha value is -4.33. The van der Waals surface area contributed by atoms with E-state index < -0.39 is 17.7 Å². The highest BCUT2D eigenvalue weighted by molar-refractivity contribution is 6.46. The summed E-state index contributed by atoms with van der Waals surface area (Å²) in [7, 11) is 3.05. The number of rotatable bonds is 10. The fourth-order valence-corrected chi connectivity index (χ4v) is 4.54. The van der Waals surface area contributed by atoms with E-state index in [0.717, 1.165) is 24.0 Å². The summed E-state index contributed by atoms with van der Waals surface area (Å²) >= 11 is 0. The van der Waals surface area contributed by atoms with Gasteiger partial charge in [-0.3, -0.25) is 14.6 Å². The third kappa shape index (κ3) is 5.34. The molecule has 8 nitrogen and oxygen atoms in total. The predicted molar refractivity (Wildman–Crippen MR) is 143 cm³/mol. The summed E-state index contributed by atoms with van der Waals surface area (Å²) in [5.74, 6) is -0.0434. The van der Waals surface area contributed by atoms with Gasteiger partial charge in [-0.25, -0.2) is 0 Å². The molecule has 198 valence electrons. The molecule has 1 unspecified atom stereocenters. The number of likely N-dealkylation sites (tertiary alicyclic amines) is 1. The van der Waals surface area contributed by atoms with Gasteiger partial charge >= 0.3 is 0 Å². The minimum Gasteiger partial charge on any atom is -0.507 e. The number of ether oxygens (including phenoxy) is 3. The van der Waals surface area contributed by atoms with Crippen molar-refractivity contribution in [1.82, 2.24) is 9.88 Å². The van der Waals surface area contributed by atoms with Crippen LogP contribution in [0, 0.1) is 6.92 Å². The lowest BCUT2D eigenvalue weighted by molar-refractivity contribution is -0.140. The van der Waals surface area contributed by atoms with Crippen molar-refractivity contribution in [3.63, 3.8) is 0 Å². The molecule has 2 heterocycles. The summed E-state index contributed by atoms with van der Waals surface area (Å²) in [6, 6.07) is 13.2. The third-order valence-electron chi connectivity index (χ3n) is 6.54. The first-order valence-electron chi connectivity index (χ1n) is 12.5. The third-order valence-corrected chi connectivity index (χ3v) is 6.54. The van der Waals surface area contributed by atoms with Gasteiger partial charge < -0.3 is 24.2 Å². The maximum Gasteiger partial charge on any atom is 0.295 e. The summed E-state index contributed by atoms with van der Waals surface area (Å²) < 4.78 is 16.7. The van der Waals surface area contributed by atoms with Crippen molar-refractivity contribution in [2.24, 2.45) is 0 Å². The average Bonchev–Trinajstić information content (AvgIpc) is 3.18. The monoisotopic (exact) mass is 516 g/mol. The van der Waals surface area contributed by atoms with Crippen molar-refractivity contribution in [2.75, 3.05) is 20.8 Å². The van der Waals surface area contributed by atoms with Gasteiger partial charge in [-0.1, -0.05) is 25.5 Å². The molecule has 1 aromatic heterocycles. The Morgan fingerprint density at radius 2 is 1.79 bits per heavy atom. The predicted octanol–water partition coefficient (Wildman–Crippen LogP) is 5.21. The Kier molecular flexibility index (Phi) is 8.31. The van der Waals surface area contributed by atoms with Gasteiger partial charge in [0.1, 0.15) is 11.5 Å². The van der Waals surface area contributed by atoms with Crippen LogP contribution in [-0.4, -0.2) is 47.5 Å². The number of hydrogen-bond donors (Lipinski definition) is 1. The SMILES string of the molecule is CCCCOc1ccc(C(O)=C2C(=O)C(=O)N(Cc3cccnc3)C2c2ccc(OC)c(OC)c2)cc1C. The van der Waals surface area contributed by atoms with E-state index in [0.29, 0.717) is 35.0 Å². The van der Waals surface area contributed by atoms with Crippen LogP contribution in [0.2, 0.25) is 0 Å². The average molecular weight is 517 g/mol. The highest BCUT2D eigenvalue weighted by Gasteiger charge is 2.46. The molecule has 0 radical (unpaired) electrons. The zero-order valence-corrected chi connectivity index (χ0v) is 22.1. The summed E-state index contributed by atoms with van der Waals surface area (Å²) in [5.41, 5.74) is 2.60. The Morgan fingerprint density at radius 1 is 1.03 bits per heavy atom. The van der Waals surface area contributed by atoms with Crippen molar-refractivity contribution in [3.8, 4) is 17.2 Å². The highest BCUT2D eigenvalue weighted by Crippen LogP contribution is 2.43. The summed E-state index contributed by atoms with van der Waals surface area (Å²) in [6.07, 6.45) is 5.24. The second-order valence-corrected chi connectivity index (χ2v) is 9.08. The van der Waals surface area contributed by atoms with Gasteiger partial charge in [0, 0.05) is 24.5 Å². The molecule has 3 aromatic rings. The molecular formula is C30H32N2O6. The Bertz CT molecular complexity index is 1350. The number of methoxy groups -OCH3 is 2. The van der Waals surface area contributed by atoms with E-state index in [4.69, 9.17) is 14.2 Å². The van der Waals surface area contributed by atoms with Crippen LogP contribution in [0.1, 0.15) is 48.1 Å². The second kappa shape index (κ2) is 11.8. The number of carbonyl (C=O) groups is 2. The minimum absolute atomic E-state index is 0.00478. The van der Waals surface area contributed by atoms with E-state index in [1.54, 1.807) is 54.9 Å². The van der Waals surface area contributed by atoms with Crippen molar-refractivity contribution in [1.29, 1.82) is 0 Å². The molecule has 8 heteroatoms. The van der Waals surface area contributed by atoms with E-state index in [9.17, 15) is 14.7 Å². The van der Waals surface area contributed by atoms with Gasteiger partial charge in [0.05, 0.1) is 32.4 Å². The van der Waals surface area contributed by atoms with Gasteiger partial charge in [-0.15, -0.1) is 0 Å². The van der Waals surface area contributed by atoms with E-state index in [1.165, 1.54) is 19.1 Å². The Balaban J connectivity index is 1.82. The van der Waals surface area contributed by atoms with Gasteiger partial charge in [-0.2, -0.15) is 0 Å². The van der Waals surface area contributed by atoms with Crippen LogP contribution in [0.15, 0.2) is 66.5 Å². The first kappa shape index (κ1) is 26.7. The number of unbranched alkanes of at least 4 members (excludes halogenated alkanes) is 1. The van der Waals surface area contributed by atoms with Crippen molar-refractivity contribution >= 4 is 17.4 Å². The fourth-order valence-electron chi connectivity index (χ4n) is 4.54. The number of aliphatic hydroxyl groups is 1. The summed E-state index contributed by atoms with van der Waals surface area (Å²) in [4.78, 5) is 32.3. The van der Waals surface area contributed by atoms with Crippen molar-refractivity contribution in [3.05, 3.63) is 88.8 Å². The van der Waals surface area contributed by atoms with Gasteiger partial charge in [0.15, 0.2) is 11.5 Å². The zero-order chi connectivity index (χ0) is 27.2. The molecule has 1 aliphatic heterocycles. The Labute approximate surface area is 222 Å². The molecule has 1 amide bonds. The number of benzene rings is 2. The van der Waals surface area contributed by atoms with Crippen molar-refractivity contribution in [2.45, 2.75) is 39.3 Å².